The van der Waals surface area contributed by atoms with E-state index in [0.717, 1.165) is 0 Å². The van der Waals surface area contributed by atoms with Crippen LogP contribution >= 0.6 is 0 Å². The molecule has 4 atom stereocenters. The van der Waals surface area contributed by atoms with Crippen LogP contribution in [0, 0.1) is 0 Å². The summed E-state index contributed by atoms with van der Waals surface area (Å²) in [4.78, 5) is 0. The standard InChI is InChI=1S/C12H22O6/c1-11(2)15-7(5-13)10-9(17-11)8(6-14)16-12(3,4)18-10/h7-10,13-14H,5-6H2,1-4H3/t7-,8-,9-,10+/m0/s1. The smallest absolute Gasteiger partial charge is 0.164 e. The van der Waals surface area contributed by atoms with Crippen molar-refractivity contribution < 1.29 is 29.2 Å². The normalized spacial score (nSPS) is 42.3. The zero-order valence-corrected chi connectivity index (χ0v) is 11.3. The average Bonchev–Trinajstić information content (AvgIpc) is 2.26. The van der Waals surface area contributed by atoms with Gasteiger partial charge in [0, 0.05) is 0 Å². The van der Waals surface area contributed by atoms with Crippen LogP contribution in [0.2, 0.25) is 0 Å². The number of ether oxygens (including phenoxy) is 4. The lowest BCUT2D eigenvalue weighted by molar-refractivity contribution is -0.426. The van der Waals surface area contributed by atoms with Crippen molar-refractivity contribution in [3.63, 3.8) is 0 Å². The van der Waals surface area contributed by atoms with Gasteiger partial charge in [-0.25, -0.2) is 0 Å². The Hall–Kier alpha value is -0.240. The number of hydrogen-bond donors (Lipinski definition) is 2. The van der Waals surface area contributed by atoms with Crippen molar-refractivity contribution in [2.24, 2.45) is 0 Å². The molecule has 0 saturated carbocycles. The van der Waals surface area contributed by atoms with Crippen molar-refractivity contribution in [3.05, 3.63) is 0 Å². The Morgan fingerprint density at radius 2 is 1.06 bits per heavy atom. The van der Waals surface area contributed by atoms with Gasteiger partial charge in [-0.05, 0) is 27.7 Å². The van der Waals surface area contributed by atoms with E-state index in [-0.39, 0.29) is 13.2 Å². The molecule has 0 aromatic rings. The first-order valence-corrected chi connectivity index (χ1v) is 6.21. The number of aliphatic hydroxyl groups is 2. The minimum Gasteiger partial charge on any atom is -0.394 e. The van der Waals surface area contributed by atoms with Crippen LogP contribution in [-0.4, -0.2) is 59.4 Å². The third-order valence-corrected chi connectivity index (χ3v) is 3.13. The molecule has 0 aromatic heterocycles. The molecule has 2 aliphatic rings. The van der Waals surface area contributed by atoms with E-state index in [1.807, 2.05) is 0 Å². The summed E-state index contributed by atoms with van der Waals surface area (Å²) in [7, 11) is 0. The molecule has 0 amide bonds. The van der Waals surface area contributed by atoms with Gasteiger partial charge in [-0.3, -0.25) is 0 Å². The Bertz CT molecular complexity index is 273. The second kappa shape index (κ2) is 4.70. The Morgan fingerprint density at radius 1 is 0.722 bits per heavy atom. The summed E-state index contributed by atoms with van der Waals surface area (Å²) in [5.41, 5.74) is 0. The lowest BCUT2D eigenvalue weighted by Gasteiger charge is -2.53. The minimum atomic E-state index is -0.837. The maximum absolute atomic E-state index is 9.43. The molecule has 6 heteroatoms. The van der Waals surface area contributed by atoms with Gasteiger partial charge in [0.1, 0.15) is 24.4 Å². The number of fused-ring (bicyclic) bond motifs is 1. The van der Waals surface area contributed by atoms with Crippen molar-refractivity contribution in [1.29, 1.82) is 0 Å². The highest BCUT2D eigenvalue weighted by Crippen LogP contribution is 2.38. The van der Waals surface area contributed by atoms with Gasteiger partial charge in [-0.2, -0.15) is 0 Å². The summed E-state index contributed by atoms with van der Waals surface area (Å²) >= 11 is 0. The van der Waals surface area contributed by atoms with E-state index in [9.17, 15) is 10.2 Å². The van der Waals surface area contributed by atoms with Gasteiger partial charge in [-0.15, -0.1) is 0 Å². The predicted molar refractivity (Wildman–Crippen MR) is 61.8 cm³/mol. The molecule has 2 N–H and O–H groups in total. The number of aliphatic hydroxyl groups excluding tert-OH is 2. The molecule has 0 unspecified atom stereocenters. The summed E-state index contributed by atoms with van der Waals surface area (Å²) in [6, 6.07) is 0. The van der Waals surface area contributed by atoms with Crippen LogP contribution in [0.5, 0.6) is 0 Å². The predicted octanol–water partition coefficient (Wildman–Crippen LogP) is 0.0112. The molecule has 2 aliphatic heterocycles. The Labute approximate surface area is 107 Å². The third-order valence-electron chi connectivity index (χ3n) is 3.13. The molecule has 0 aliphatic carbocycles. The molecule has 2 heterocycles. The van der Waals surface area contributed by atoms with Crippen LogP contribution < -0.4 is 0 Å². The summed E-state index contributed by atoms with van der Waals surface area (Å²) in [5.74, 6) is -1.67. The first kappa shape index (κ1) is 14.2. The molecule has 2 rings (SSSR count). The van der Waals surface area contributed by atoms with Crippen molar-refractivity contribution in [2.45, 2.75) is 63.7 Å². The van der Waals surface area contributed by atoms with E-state index in [0.29, 0.717) is 0 Å². The van der Waals surface area contributed by atoms with Crippen LogP contribution in [0.1, 0.15) is 27.7 Å². The zero-order valence-electron chi connectivity index (χ0n) is 11.3. The quantitative estimate of drug-likeness (QED) is 0.730. The SMILES string of the molecule is CC1(C)O[C@H]2[C@@H](OC(C)(C)O[C@H]2CO)[C@H](CO)O1. The summed E-state index contributed by atoms with van der Waals surface area (Å²) in [6.07, 6.45) is -1.89. The Kier molecular flexibility index (Phi) is 3.70. The molecule has 18 heavy (non-hydrogen) atoms. The van der Waals surface area contributed by atoms with E-state index in [1.54, 1.807) is 27.7 Å². The van der Waals surface area contributed by atoms with Crippen LogP contribution in [0.15, 0.2) is 0 Å². The zero-order chi connectivity index (χ0) is 13.6. The molecule has 0 bridgehead atoms. The van der Waals surface area contributed by atoms with Crippen molar-refractivity contribution in [1.82, 2.24) is 0 Å². The van der Waals surface area contributed by atoms with Gasteiger partial charge in [0.2, 0.25) is 0 Å². The molecule has 2 saturated heterocycles. The highest BCUT2D eigenvalue weighted by atomic mass is 16.8. The van der Waals surface area contributed by atoms with Crippen molar-refractivity contribution in [3.8, 4) is 0 Å². The fourth-order valence-electron chi connectivity index (χ4n) is 2.57. The summed E-state index contributed by atoms with van der Waals surface area (Å²) < 4.78 is 22.8. The minimum absolute atomic E-state index is 0.164. The molecular formula is C12H22O6. The Morgan fingerprint density at radius 3 is 1.33 bits per heavy atom. The van der Waals surface area contributed by atoms with E-state index in [2.05, 4.69) is 0 Å². The van der Waals surface area contributed by atoms with Gasteiger partial charge >= 0.3 is 0 Å². The molecule has 106 valence electrons. The van der Waals surface area contributed by atoms with Gasteiger partial charge < -0.3 is 29.2 Å². The highest BCUT2D eigenvalue weighted by molar-refractivity contribution is 4.94. The van der Waals surface area contributed by atoms with Gasteiger partial charge in [0.25, 0.3) is 0 Å². The van der Waals surface area contributed by atoms with Crippen LogP contribution in [0.4, 0.5) is 0 Å². The topological polar surface area (TPSA) is 77.4 Å². The lowest BCUT2D eigenvalue weighted by atomic mass is 9.98. The monoisotopic (exact) mass is 262 g/mol. The van der Waals surface area contributed by atoms with Gasteiger partial charge in [0.05, 0.1) is 13.2 Å². The number of rotatable bonds is 2. The molecule has 0 radical (unpaired) electrons. The van der Waals surface area contributed by atoms with Crippen molar-refractivity contribution >= 4 is 0 Å². The second-order valence-electron chi connectivity index (χ2n) is 5.64. The van der Waals surface area contributed by atoms with E-state index in [1.165, 1.54) is 0 Å². The van der Waals surface area contributed by atoms with E-state index >= 15 is 0 Å². The average molecular weight is 262 g/mol. The Balaban J connectivity index is 2.24. The lowest BCUT2D eigenvalue weighted by Crippen LogP contribution is -2.66. The maximum Gasteiger partial charge on any atom is 0.164 e. The second-order valence-corrected chi connectivity index (χ2v) is 5.64. The molecule has 6 nitrogen and oxygen atoms in total. The van der Waals surface area contributed by atoms with Crippen LogP contribution in [0.3, 0.4) is 0 Å². The molecule has 0 spiro atoms. The van der Waals surface area contributed by atoms with Crippen LogP contribution in [-0.2, 0) is 18.9 Å². The van der Waals surface area contributed by atoms with Crippen molar-refractivity contribution in [2.75, 3.05) is 13.2 Å². The van der Waals surface area contributed by atoms with E-state index in [4.69, 9.17) is 18.9 Å². The number of hydrogen-bond acceptors (Lipinski definition) is 6. The highest BCUT2D eigenvalue weighted by Gasteiger charge is 2.53. The largest absolute Gasteiger partial charge is 0.394 e. The molecule has 0 aromatic carbocycles. The van der Waals surface area contributed by atoms with Gasteiger partial charge in [-0.1, -0.05) is 0 Å². The fraction of sp³-hybridized carbons (Fsp3) is 1.00. The molecule has 2 fully saturated rings. The van der Waals surface area contributed by atoms with Crippen LogP contribution in [0.25, 0.3) is 0 Å². The maximum atomic E-state index is 9.43. The van der Waals surface area contributed by atoms with E-state index < -0.39 is 36.0 Å². The third kappa shape index (κ3) is 2.68. The first-order valence-electron chi connectivity index (χ1n) is 6.21. The summed E-state index contributed by atoms with van der Waals surface area (Å²) in [5, 5.41) is 18.9. The molecular weight excluding hydrogens is 240 g/mol. The first-order chi connectivity index (χ1) is 8.28. The van der Waals surface area contributed by atoms with Gasteiger partial charge in [0.15, 0.2) is 11.6 Å². The fourth-order valence-corrected chi connectivity index (χ4v) is 2.57. The summed E-state index contributed by atoms with van der Waals surface area (Å²) in [6.45, 7) is 6.73.